The summed E-state index contributed by atoms with van der Waals surface area (Å²) in [5.74, 6) is -2.79. The highest BCUT2D eigenvalue weighted by Gasteiger charge is 2.57. The fourth-order valence-corrected chi connectivity index (χ4v) is 7.10. The summed E-state index contributed by atoms with van der Waals surface area (Å²) in [4.78, 5) is 16.2. The van der Waals surface area contributed by atoms with Crippen molar-refractivity contribution in [2.45, 2.75) is 37.0 Å². The van der Waals surface area contributed by atoms with E-state index in [4.69, 9.17) is 10.1 Å². The van der Waals surface area contributed by atoms with Gasteiger partial charge in [0.1, 0.15) is 27.9 Å². The number of carbonyl (C=O) groups is 1. The number of pyridine rings is 1. The van der Waals surface area contributed by atoms with Crippen molar-refractivity contribution in [1.29, 1.82) is 5.41 Å². The van der Waals surface area contributed by atoms with Crippen molar-refractivity contribution in [3.8, 4) is 0 Å². The van der Waals surface area contributed by atoms with Crippen LogP contribution >= 0.6 is 0 Å². The van der Waals surface area contributed by atoms with Crippen LogP contribution < -0.4 is 10.6 Å². The van der Waals surface area contributed by atoms with Crippen LogP contribution in [-0.2, 0) is 20.1 Å². The van der Waals surface area contributed by atoms with Gasteiger partial charge in [-0.1, -0.05) is 0 Å². The van der Waals surface area contributed by atoms with E-state index in [1.165, 1.54) is 25.1 Å². The third-order valence-electron chi connectivity index (χ3n) is 6.80. The molecule has 2 saturated heterocycles. The lowest BCUT2D eigenvalue weighted by atomic mass is 9.83. The molecule has 1 aromatic carbocycles. The number of hydrogen-bond donors (Lipinski definition) is 3. The Morgan fingerprint density at radius 2 is 1.91 bits per heavy atom. The molecule has 0 spiro atoms. The Labute approximate surface area is 196 Å². The van der Waals surface area contributed by atoms with E-state index >= 15 is 0 Å². The summed E-state index contributed by atoms with van der Waals surface area (Å²) < 4.78 is 59.0. The van der Waals surface area contributed by atoms with Crippen molar-refractivity contribution in [3.63, 3.8) is 0 Å². The van der Waals surface area contributed by atoms with Gasteiger partial charge in [0.05, 0.1) is 17.5 Å². The van der Waals surface area contributed by atoms with Crippen LogP contribution in [0.25, 0.3) is 0 Å². The second kappa shape index (κ2) is 8.70. The summed E-state index contributed by atoms with van der Waals surface area (Å²) in [5.41, 5.74) is -1.26. The highest BCUT2D eigenvalue weighted by Crippen LogP contribution is 2.42. The predicted octanol–water partition coefficient (Wildman–Crippen LogP) is 3.01. The van der Waals surface area contributed by atoms with Crippen LogP contribution in [0.2, 0.25) is 0 Å². The molecule has 34 heavy (non-hydrogen) atoms. The third kappa shape index (κ3) is 4.18. The van der Waals surface area contributed by atoms with Crippen molar-refractivity contribution in [2.75, 3.05) is 24.3 Å². The first kappa shape index (κ1) is 24.2. The average Bonchev–Trinajstić information content (AvgIpc) is 2.79. The minimum absolute atomic E-state index is 0.000261. The zero-order valence-electron chi connectivity index (χ0n) is 18.8. The molecular formula is C23H26F2N4O4S. The van der Waals surface area contributed by atoms with Crippen molar-refractivity contribution < 1.29 is 26.7 Å². The van der Waals surface area contributed by atoms with Crippen LogP contribution in [0.3, 0.4) is 0 Å². The van der Waals surface area contributed by atoms with Crippen LogP contribution in [0.1, 0.15) is 42.7 Å². The second-order valence-electron chi connectivity index (χ2n) is 9.10. The molecule has 0 aliphatic carbocycles. The van der Waals surface area contributed by atoms with Crippen molar-refractivity contribution >= 4 is 27.3 Å². The number of nitrogens with one attached hydrogen (secondary N) is 3. The lowest BCUT2D eigenvalue weighted by Gasteiger charge is -2.48. The van der Waals surface area contributed by atoms with Crippen LogP contribution in [0.4, 0.5) is 14.5 Å². The predicted molar refractivity (Wildman–Crippen MR) is 122 cm³/mol. The van der Waals surface area contributed by atoms with Crippen LogP contribution in [0.15, 0.2) is 36.5 Å². The molecule has 2 aliphatic rings. The number of aromatic nitrogens is 1. The van der Waals surface area contributed by atoms with Gasteiger partial charge in [0.25, 0.3) is 5.91 Å². The number of anilines is 1. The first-order chi connectivity index (χ1) is 16.0. The molecule has 3 heterocycles. The number of benzene rings is 1. The number of hydrogen-bond acceptors (Lipinski definition) is 6. The fourth-order valence-electron chi connectivity index (χ4n) is 4.70. The smallest absolute Gasteiger partial charge is 0.274 e. The average molecular weight is 493 g/mol. The zero-order valence-corrected chi connectivity index (χ0v) is 19.6. The first-order valence-electron chi connectivity index (χ1n) is 10.9. The lowest BCUT2D eigenvalue weighted by Crippen LogP contribution is -2.68. The maximum absolute atomic E-state index is 14.9. The number of amidine groups is 1. The molecule has 0 saturated carbocycles. The standard InChI is InChI=1S/C23H26F2N4O4S/c1-22(13-34(31,32)23(2,21(26)29-22)14-7-9-33-10-8-14)17-11-16(4-5-18(17)25)28-20(30)19-6-3-15(24)12-27-19/h3-6,11-12,14H,7-10,13H2,1-2H3,(H2,26,29)(H,28,30)/t22-,23-/m0/s1. The summed E-state index contributed by atoms with van der Waals surface area (Å²) in [6, 6.07) is 6.10. The van der Waals surface area contributed by atoms with Gasteiger partial charge in [0.15, 0.2) is 9.84 Å². The van der Waals surface area contributed by atoms with Crippen LogP contribution in [0.5, 0.6) is 0 Å². The monoisotopic (exact) mass is 492 g/mol. The van der Waals surface area contributed by atoms with Crippen LogP contribution in [0, 0.1) is 23.0 Å². The van der Waals surface area contributed by atoms with E-state index in [-0.39, 0.29) is 28.7 Å². The number of carbonyl (C=O) groups excluding carboxylic acids is 1. The second-order valence-corrected chi connectivity index (χ2v) is 11.5. The largest absolute Gasteiger partial charge is 0.381 e. The van der Waals surface area contributed by atoms with Crippen molar-refractivity contribution in [2.24, 2.45) is 5.92 Å². The van der Waals surface area contributed by atoms with Gasteiger partial charge < -0.3 is 15.4 Å². The fraction of sp³-hybridized carbons (Fsp3) is 0.435. The van der Waals surface area contributed by atoms with E-state index in [2.05, 4.69) is 15.6 Å². The maximum Gasteiger partial charge on any atom is 0.274 e. The van der Waals surface area contributed by atoms with Gasteiger partial charge in [-0.3, -0.25) is 10.2 Å². The van der Waals surface area contributed by atoms with Gasteiger partial charge in [-0.2, -0.15) is 0 Å². The first-order valence-corrected chi connectivity index (χ1v) is 12.5. The highest BCUT2D eigenvalue weighted by atomic mass is 32.2. The molecule has 11 heteroatoms. The SMILES string of the molecule is C[C@@]1(c2cc(NC(=O)c3ccc(F)cn3)ccc2F)CS(=O)(=O)[C@@](C)(C2CCOCC2)C(=N)N1. The summed E-state index contributed by atoms with van der Waals surface area (Å²) in [6.07, 6.45) is 1.94. The number of sulfone groups is 1. The highest BCUT2D eigenvalue weighted by molar-refractivity contribution is 7.93. The lowest BCUT2D eigenvalue weighted by molar-refractivity contribution is 0.0603. The molecule has 2 fully saturated rings. The number of amides is 1. The Morgan fingerprint density at radius 1 is 1.21 bits per heavy atom. The Morgan fingerprint density at radius 3 is 2.53 bits per heavy atom. The van der Waals surface area contributed by atoms with Gasteiger partial charge in [-0.15, -0.1) is 0 Å². The molecule has 8 nitrogen and oxygen atoms in total. The van der Waals surface area contributed by atoms with E-state index in [0.29, 0.717) is 26.1 Å². The van der Waals surface area contributed by atoms with E-state index in [1.807, 2.05) is 0 Å². The van der Waals surface area contributed by atoms with Gasteiger partial charge in [-0.05, 0) is 62.9 Å². The molecule has 1 aromatic heterocycles. The molecule has 0 radical (unpaired) electrons. The van der Waals surface area contributed by atoms with Crippen molar-refractivity contribution in [3.05, 3.63) is 59.4 Å². The molecule has 1 amide bonds. The molecule has 0 bridgehead atoms. The third-order valence-corrected chi connectivity index (χ3v) is 9.59. The zero-order chi connectivity index (χ0) is 24.7. The molecule has 2 aliphatic heterocycles. The van der Waals surface area contributed by atoms with Gasteiger partial charge in [-0.25, -0.2) is 22.2 Å². The summed E-state index contributed by atoms with van der Waals surface area (Å²) in [7, 11) is -3.87. The Hall–Kier alpha value is -2.92. The number of ether oxygens (including phenoxy) is 1. The number of halogens is 2. The molecule has 182 valence electrons. The molecule has 3 N–H and O–H groups in total. The number of nitrogens with zero attached hydrogens (tertiary/aromatic N) is 1. The van der Waals surface area contributed by atoms with Gasteiger partial charge >= 0.3 is 0 Å². The summed E-state index contributed by atoms with van der Waals surface area (Å²) in [5, 5.41) is 14.2. The van der Waals surface area contributed by atoms with E-state index in [9.17, 15) is 22.0 Å². The van der Waals surface area contributed by atoms with Gasteiger partial charge in [0, 0.05) is 24.5 Å². The van der Waals surface area contributed by atoms with Crippen LogP contribution in [-0.4, -0.2) is 48.9 Å². The van der Waals surface area contributed by atoms with Crippen molar-refractivity contribution in [1.82, 2.24) is 10.3 Å². The minimum Gasteiger partial charge on any atom is -0.381 e. The molecule has 2 aromatic rings. The minimum atomic E-state index is -3.87. The topological polar surface area (TPSA) is 121 Å². The van der Waals surface area contributed by atoms with E-state index < -0.39 is 43.4 Å². The number of rotatable bonds is 4. The quantitative estimate of drug-likeness (QED) is 0.603. The van der Waals surface area contributed by atoms with E-state index in [1.54, 1.807) is 6.92 Å². The van der Waals surface area contributed by atoms with Gasteiger partial charge in [0.2, 0.25) is 0 Å². The Balaban J connectivity index is 1.63. The maximum atomic E-state index is 14.9. The van der Waals surface area contributed by atoms with E-state index in [0.717, 1.165) is 18.3 Å². The molecular weight excluding hydrogens is 466 g/mol. The molecule has 4 rings (SSSR count). The summed E-state index contributed by atoms with van der Waals surface area (Å²) >= 11 is 0. The Bertz CT molecular complexity index is 1230. The Kier molecular flexibility index (Phi) is 6.19. The molecule has 2 atom stereocenters. The normalized spacial score (nSPS) is 27.1. The summed E-state index contributed by atoms with van der Waals surface area (Å²) in [6.45, 7) is 3.93. The molecule has 0 unspecified atom stereocenters.